The number of fused-ring (bicyclic) bond motifs is 2. The van der Waals surface area contributed by atoms with E-state index >= 15 is 0 Å². The topological polar surface area (TPSA) is 36.4 Å². The van der Waals surface area contributed by atoms with Crippen LogP contribution in [0.5, 0.6) is 0 Å². The van der Waals surface area contributed by atoms with E-state index in [1.54, 1.807) is 0 Å². The largest absolute Gasteiger partial charge is 0.355 e. The Kier molecular flexibility index (Phi) is 4.01. The lowest BCUT2D eigenvalue weighted by molar-refractivity contribution is 0.737. The molecule has 3 nitrogen and oxygen atoms in total. The van der Waals surface area contributed by atoms with Gasteiger partial charge in [0, 0.05) is 6.54 Å². The Morgan fingerprint density at radius 1 is 1.04 bits per heavy atom. The van der Waals surface area contributed by atoms with Crippen molar-refractivity contribution in [1.82, 2.24) is 10.6 Å². The smallest absolute Gasteiger partial charge is 0.192 e. The van der Waals surface area contributed by atoms with E-state index in [1.165, 1.54) is 27.8 Å². The molecule has 2 aromatic rings. The molecule has 1 heterocycles. The number of aliphatic imine (C=N–C) groups is 1. The van der Waals surface area contributed by atoms with Gasteiger partial charge in [-0.3, -0.25) is 4.99 Å². The van der Waals surface area contributed by atoms with E-state index in [9.17, 15) is 0 Å². The second-order valence-corrected chi connectivity index (χ2v) is 7.05. The molecule has 0 radical (unpaired) electrons. The Morgan fingerprint density at radius 2 is 1.83 bits per heavy atom. The Bertz CT molecular complexity index is 776. The van der Waals surface area contributed by atoms with Crippen molar-refractivity contribution in [1.29, 1.82) is 0 Å². The monoisotopic (exact) mass is 319 g/mol. The van der Waals surface area contributed by atoms with Crippen molar-refractivity contribution in [3.05, 3.63) is 70.3 Å². The number of hydrogen-bond acceptors (Lipinski definition) is 3. The summed E-state index contributed by atoms with van der Waals surface area (Å²) in [5.74, 6) is 1.49. The summed E-state index contributed by atoms with van der Waals surface area (Å²) in [5, 5.41) is 7.01. The summed E-state index contributed by atoms with van der Waals surface area (Å²) in [6.45, 7) is 6.31. The fourth-order valence-electron chi connectivity index (χ4n) is 3.75. The molecule has 1 aliphatic heterocycles. The number of benzene rings is 2. The molecule has 1 aliphatic carbocycles. The fraction of sp³-hybridized carbons (Fsp3) is 0.381. The van der Waals surface area contributed by atoms with Crippen molar-refractivity contribution in [3.63, 3.8) is 0 Å². The zero-order valence-electron chi connectivity index (χ0n) is 14.5. The van der Waals surface area contributed by atoms with Gasteiger partial charge in [0.2, 0.25) is 0 Å². The summed E-state index contributed by atoms with van der Waals surface area (Å²) in [6.07, 6.45) is 2.20. The molecule has 1 unspecified atom stereocenters. The van der Waals surface area contributed by atoms with Gasteiger partial charge in [-0.05, 0) is 46.6 Å². The zero-order chi connectivity index (χ0) is 16.5. The number of aryl methyl sites for hydroxylation is 2. The van der Waals surface area contributed by atoms with Crippen molar-refractivity contribution in [2.24, 2.45) is 4.99 Å². The molecule has 0 bridgehead atoms. The van der Waals surface area contributed by atoms with E-state index in [0.717, 1.165) is 31.9 Å². The van der Waals surface area contributed by atoms with Crippen LogP contribution >= 0.6 is 0 Å². The van der Waals surface area contributed by atoms with Crippen LogP contribution in [0.1, 0.15) is 53.6 Å². The molecular formula is C21H25N3. The highest BCUT2D eigenvalue weighted by atomic mass is 15.2. The Hall–Kier alpha value is -2.29. The number of guanidine groups is 1. The Morgan fingerprint density at radius 3 is 2.62 bits per heavy atom. The van der Waals surface area contributed by atoms with Gasteiger partial charge in [0.05, 0.1) is 12.6 Å². The van der Waals surface area contributed by atoms with E-state index in [1.807, 2.05) is 0 Å². The van der Waals surface area contributed by atoms with Crippen LogP contribution in [0.3, 0.4) is 0 Å². The van der Waals surface area contributed by atoms with E-state index in [-0.39, 0.29) is 6.04 Å². The average Bonchev–Trinajstić information content (AvgIpc) is 3.06. The van der Waals surface area contributed by atoms with Gasteiger partial charge < -0.3 is 10.6 Å². The van der Waals surface area contributed by atoms with E-state index in [2.05, 4.69) is 71.9 Å². The first-order valence-corrected chi connectivity index (χ1v) is 8.98. The molecule has 3 heteroatoms. The number of nitrogens with one attached hydrogen (secondary N) is 2. The molecule has 2 aliphatic rings. The van der Waals surface area contributed by atoms with Gasteiger partial charge in [0.1, 0.15) is 0 Å². The van der Waals surface area contributed by atoms with Crippen molar-refractivity contribution < 1.29 is 0 Å². The molecular weight excluding hydrogens is 294 g/mol. The third-order valence-corrected chi connectivity index (χ3v) is 5.13. The summed E-state index contributed by atoms with van der Waals surface area (Å²) in [6, 6.07) is 16.0. The maximum atomic E-state index is 4.55. The molecule has 0 saturated carbocycles. The van der Waals surface area contributed by atoms with Crippen molar-refractivity contribution in [2.45, 2.75) is 38.6 Å². The fourth-order valence-corrected chi connectivity index (χ4v) is 3.75. The summed E-state index contributed by atoms with van der Waals surface area (Å²) >= 11 is 0. The first-order chi connectivity index (χ1) is 11.7. The van der Waals surface area contributed by atoms with Crippen LogP contribution in [0.25, 0.3) is 0 Å². The SMILES string of the molecule is CC(C)c1ccc2c(c1)CCc1ccccc1C2NC1=NCCN1. The molecule has 0 fully saturated rings. The van der Waals surface area contributed by atoms with Crippen molar-refractivity contribution in [2.75, 3.05) is 13.1 Å². The van der Waals surface area contributed by atoms with Crippen LogP contribution in [-0.4, -0.2) is 19.0 Å². The molecule has 2 aromatic carbocycles. The van der Waals surface area contributed by atoms with E-state index in [0.29, 0.717) is 5.92 Å². The second kappa shape index (κ2) is 6.31. The molecule has 2 N–H and O–H groups in total. The molecule has 0 saturated heterocycles. The van der Waals surface area contributed by atoms with Gasteiger partial charge in [0.15, 0.2) is 5.96 Å². The minimum Gasteiger partial charge on any atom is -0.355 e. The van der Waals surface area contributed by atoms with Crippen LogP contribution in [0.2, 0.25) is 0 Å². The number of nitrogens with zero attached hydrogens (tertiary/aromatic N) is 1. The van der Waals surface area contributed by atoms with Crippen LogP contribution in [-0.2, 0) is 12.8 Å². The van der Waals surface area contributed by atoms with Crippen molar-refractivity contribution in [3.8, 4) is 0 Å². The maximum Gasteiger partial charge on any atom is 0.192 e. The van der Waals surface area contributed by atoms with Gasteiger partial charge in [-0.2, -0.15) is 0 Å². The van der Waals surface area contributed by atoms with Gasteiger partial charge in [0.25, 0.3) is 0 Å². The lowest BCUT2D eigenvalue weighted by Crippen LogP contribution is -2.37. The van der Waals surface area contributed by atoms with Gasteiger partial charge in [-0.1, -0.05) is 56.3 Å². The standard InChI is InChI=1S/C21H25N3/c1-14(2)16-9-10-19-17(13-16)8-7-15-5-3-4-6-18(15)20(19)24-21-22-11-12-23-21/h3-6,9-10,13-14,20H,7-8,11-12H2,1-2H3,(H2,22,23,24). The van der Waals surface area contributed by atoms with Crippen molar-refractivity contribution >= 4 is 5.96 Å². The van der Waals surface area contributed by atoms with Crippen LogP contribution in [0.4, 0.5) is 0 Å². The quantitative estimate of drug-likeness (QED) is 0.888. The summed E-state index contributed by atoms with van der Waals surface area (Å²) in [4.78, 5) is 4.55. The Labute approximate surface area is 144 Å². The van der Waals surface area contributed by atoms with Crippen LogP contribution in [0.15, 0.2) is 47.5 Å². The lowest BCUT2D eigenvalue weighted by atomic mass is 9.91. The first-order valence-electron chi connectivity index (χ1n) is 8.98. The zero-order valence-corrected chi connectivity index (χ0v) is 14.5. The van der Waals surface area contributed by atoms with Gasteiger partial charge >= 0.3 is 0 Å². The molecule has 0 spiro atoms. The van der Waals surface area contributed by atoms with Gasteiger partial charge in [-0.25, -0.2) is 0 Å². The molecule has 124 valence electrons. The molecule has 0 amide bonds. The predicted molar refractivity (Wildman–Crippen MR) is 99.7 cm³/mol. The summed E-state index contributed by atoms with van der Waals surface area (Å²) in [5.41, 5.74) is 7.10. The van der Waals surface area contributed by atoms with E-state index in [4.69, 9.17) is 0 Å². The third kappa shape index (κ3) is 2.79. The summed E-state index contributed by atoms with van der Waals surface area (Å²) < 4.78 is 0. The van der Waals surface area contributed by atoms with E-state index < -0.39 is 0 Å². The number of hydrogen-bond donors (Lipinski definition) is 2. The lowest BCUT2D eigenvalue weighted by Gasteiger charge is -2.23. The second-order valence-electron chi connectivity index (χ2n) is 7.05. The number of rotatable bonds is 2. The average molecular weight is 319 g/mol. The summed E-state index contributed by atoms with van der Waals surface area (Å²) in [7, 11) is 0. The molecule has 24 heavy (non-hydrogen) atoms. The molecule has 4 rings (SSSR count). The van der Waals surface area contributed by atoms with Crippen LogP contribution < -0.4 is 10.6 Å². The maximum absolute atomic E-state index is 4.55. The molecule has 0 aromatic heterocycles. The normalized spacial score (nSPS) is 19.1. The highest BCUT2D eigenvalue weighted by molar-refractivity contribution is 5.82. The Balaban J connectivity index is 1.80. The predicted octanol–water partition coefficient (Wildman–Crippen LogP) is 3.55. The minimum atomic E-state index is 0.171. The molecule has 1 atom stereocenters. The minimum absolute atomic E-state index is 0.171. The van der Waals surface area contributed by atoms with Crippen LogP contribution in [0, 0.1) is 0 Å². The van der Waals surface area contributed by atoms with Gasteiger partial charge in [-0.15, -0.1) is 0 Å². The first kappa shape index (κ1) is 15.3. The highest BCUT2D eigenvalue weighted by Crippen LogP contribution is 2.34. The highest BCUT2D eigenvalue weighted by Gasteiger charge is 2.25. The third-order valence-electron chi connectivity index (χ3n) is 5.13.